The fourth-order valence-corrected chi connectivity index (χ4v) is 3.29. The van der Waals surface area contributed by atoms with Gasteiger partial charge in [-0.1, -0.05) is 51.9 Å². The van der Waals surface area contributed by atoms with Gasteiger partial charge in [0.15, 0.2) is 0 Å². The molecule has 1 aromatic heterocycles. The molecule has 0 aliphatic carbocycles. The lowest BCUT2D eigenvalue weighted by molar-refractivity contribution is 0.304. The molecule has 0 aliphatic heterocycles. The van der Waals surface area contributed by atoms with Crippen LogP contribution in [0.5, 0.6) is 5.75 Å². The van der Waals surface area contributed by atoms with Crippen molar-refractivity contribution in [3.63, 3.8) is 0 Å². The molecule has 0 saturated heterocycles. The van der Waals surface area contributed by atoms with E-state index in [1.54, 1.807) is 0 Å². The van der Waals surface area contributed by atoms with E-state index >= 15 is 0 Å². The molecule has 154 valence electrons. The zero-order valence-corrected chi connectivity index (χ0v) is 18.6. The molecule has 2 heteroatoms. The predicted octanol–water partition coefficient (Wildman–Crippen LogP) is 8.35. The van der Waals surface area contributed by atoms with Gasteiger partial charge in [0.2, 0.25) is 0 Å². The number of unbranched alkanes of at least 4 members (excludes halogenated alkanes) is 7. The van der Waals surface area contributed by atoms with Crippen LogP contribution in [0.3, 0.4) is 0 Å². The first-order valence-corrected chi connectivity index (χ1v) is 11.1. The predicted molar refractivity (Wildman–Crippen MR) is 120 cm³/mol. The average molecular weight is 384 g/mol. The standard InChI is InChI=1S/C26H39O2/c1-6-7-8-9-10-11-12-13-18-27-23-16-14-22(15-17-23)24-19-21(2)20-25(28-24)26(3,4)5/h14-17,19-20H,6-13,18H2,1-5H3/q+1. The molecule has 0 bridgehead atoms. The Bertz CT molecular complexity index is 695. The summed E-state index contributed by atoms with van der Waals surface area (Å²) in [6, 6.07) is 12.5. The first kappa shape index (κ1) is 22.5. The quantitative estimate of drug-likeness (QED) is 0.287. The third-order valence-electron chi connectivity index (χ3n) is 5.08. The molecular formula is C26H39O2+. The van der Waals surface area contributed by atoms with Crippen molar-refractivity contribution in [2.24, 2.45) is 0 Å². The molecule has 0 amide bonds. The van der Waals surface area contributed by atoms with Gasteiger partial charge in [0.05, 0.1) is 17.6 Å². The molecule has 0 radical (unpaired) electrons. The summed E-state index contributed by atoms with van der Waals surface area (Å²) in [6.07, 6.45) is 10.6. The number of ether oxygens (including phenoxy) is 1. The van der Waals surface area contributed by atoms with E-state index in [0.29, 0.717) is 0 Å². The third kappa shape index (κ3) is 7.66. The van der Waals surface area contributed by atoms with Crippen molar-refractivity contribution in [1.82, 2.24) is 0 Å². The van der Waals surface area contributed by atoms with Crippen molar-refractivity contribution in [3.05, 3.63) is 47.7 Å². The van der Waals surface area contributed by atoms with Gasteiger partial charge >= 0.3 is 11.5 Å². The number of aryl methyl sites for hydroxylation is 1. The SMILES string of the molecule is CCCCCCCCCCOc1ccc(-c2cc(C)cc(C(C)(C)C)[o+]2)cc1. The first-order valence-electron chi connectivity index (χ1n) is 11.1. The summed E-state index contributed by atoms with van der Waals surface area (Å²) in [6.45, 7) is 11.7. The van der Waals surface area contributed by atoms with E-state index in [4.69, 9.17) is 9.15 Å². The molecule has 0 aliphatic rings. The summed E-state index contributed by atoms with van der Waals surface area (Å²) < 4.78 is 12.1. The lowest BCUT2D eigenvalue weighted by Crippen LogP contribution is -2.11. The fraction of sp³-hybridized carbons (Fsp3) is 0.577. The Labute approximate surface area is 172 Å². The van der Waals surface area contributed by atoms with E-state index in [2.05, 4.69) is 71.0 Å². The topological polar surface area (TPSA) is 20.5 Å². The van der Waals surface area contributed by atoms with Crippen LogP contribution in [0, 0.1) is 6.92 Å². The van der Waals surface area contributed by atoms with Crippen LogP contribution in [0.2, 0.25) is 0 Å². The molecule has 0 unspecified atom stereocenters. The minimum absolute atomic E-state index is 0.000176. The van der Waals surface area contributed by atoms with Crippen LogP contribution in [-0.4, -0.2) is 6.61 Å². The fourth-order valence-electron chi connectivity index (χ4n) is 3.29. The van der Waals surface area contributed by atoms with E-state index in [9.17, 15) is 0 Å². The van der Waals surface area contributed by atoms with Crippen LogP contribution in [0.4, 0.5) is 0 Å². The lowest BCUT2D eigenvalue weighted by Gasteiger charge is -2.10. The van der Waals surface area contributed by atoms with E-state index in [-0.39, 0.29) is 5.41 Å². The molecule has 0 fully saturated rings. The summed E-state index contributed by atoms with van der Waals surface area (Å²) in [5.74, 6) is 2.87. The zero-order valence-electron chi connectivity index (χ0n) is 18.6. The van der Waals surface area contributed by atoms with Crippen molar-refractivity contribution in [3.8, 4) is 17.1 Å². The first-order chi connectivity index (χ1) is 13.4. The summed E-state index contributed by atoms with van der Waals surface area (Å²) in [5.41, 5.74) is 2.31. The molecule has 28 heavy (non-hydrogen) atoms. The Morgan fingerprint density at radius 2 is 1.43 bits per heavy atom. The number of benzene rings is 1. The summed E-state index contributed by atoms with van der Waals surface area (Å²) in [7, 11) is 0. The van der Waals surface area contributed by atoms with E-state index < -0.39 is 0 Å². The molecule has 0 N–H and O–H groups in total. The van der Waals surface area contributed by atoms with Gasteiger partial charge in [-0.2, -0.15) is 0 Å². The average Bonchev–Trinajstić information content (AvgIpc) is 2.66. The highest BCUT2D eigenvalue weighted by Gasteiger charge is 2.28. The molecule has 1 aromatic carbocycles. The second-order valence-electron chi connectivity index (χ2n) is 8.96. The lowest BCUT2D eigenvalue weighted by atomic mass is 9.92. The highest BCUT2D eigenvalue weighted by molar-refractivity contribution is 5.59. The number of hydrogen-bond acceptors (Lipinski definition) is 1. The van der Waals surface area contributed by atoms with Crippen LogP contribution in [0.15, 0.2) is 40.8 Å². The monoisotopic (exact) mass is 383 g/mol. The minimum atomic E-state index is -0.000176. The second-order valence-corrected chi connectivity index (χ2v) is 8.96. The highest BCUT2D eigenvalue weighted by Crippen LogP contribution is 2.30. The van der Waals surface area contributed by atoms with Crippen LogP contribution in [0.25, 0.3) is 11.3 Å². The smallest absolute Gasteiger partial charge is 0.360 e. The summed E-state index contributed by atoms with van der Waals surface area (Å²) in [5, 5.41) is 0. The van der Waals surface area contributed by atoms with Gasteiger partial charge in [-0.3, -0.25) is 0 Å². The Morgan fingerprint density at radius 3 is 2.04 bits per heavy atom. The van der Waals surface area contributed by atoms with E-state index in [0.717, 1.165) is 35.9 Å². The van der Waals surface area contributed by atoms with Gasteiger partial charge in [-0.15, -0.1) is 0 Å². The van der Waals surface area contributed by atoms with Gasteiger partial charge in [-0.05, 0) is 63.9 Å². The summed E-state index contributed by atoms with van der Waals surface area (Å²) >= 11 is 0. The molecule has 0 atom stereocenters. The number of hydrogen-bond donors (Lipinski definition) is 0. The van der Waals surface area contributed by atoms with Crippen LogP contribution in [-0.2, 0) is 5.41 Å². The van der Waals surface area contributed by atoms with Crippen molar-refractivity contribution in [2.75, 3.05) is 6.61 Å². The van der Waals surface area contributed by atoms with Gasteiger partial charge in [0.25, 0.3) is 0 Å². The highest BCUT2D eigenvalue weighted by atomic mass is 16.5. The Balaban J connectivity index is 1.80. The molecule has 2 aromatic rings. The van der Waals surface area contributed by atoms with Crippen molar-refractivity contribution >= 4 is 0 Å². The Morgan fingerprint density at radius 1 is 0.821 bits per heavy atom. The molecule has 1 heterocycles. The molecular weight excluding hydrogens is 344 g/mol. The van der Waals surface area contributed by atoms with Crippen molar-refractivity contribution in [2.45, 2.75) is 91.4 Å². The molecule has 2 nitrogen and oxygen atoms in total. The maximum Gasteiger partial charge on any atom is 0.360 e. The van der Waals surface area contributed by atoms with Gasteiger partial charge in [-0.25, -0.2) is 4.42 Å². The molecule has 0 spiro atoms. The normalized spacial score (nSPS) is 11.6. The van der Waals surface area contributed by atoms with E-state index in [1.165, 1.54) is 50.5 Å². The maximum atomic E-state index is 6.17. The minimum Gasteiger partial charge on any atom is -0.494 e. The molecule has 2 rings (SSSR count). The van der Waals surface area contributed by atoms with Crippen LogP contribution in [0.1, 0.15) is 90.4 Å². The Hall–Kier alpha value is -1.83. The molecule has 0 saturated carbocycles. The van der Waals surface area contributed by atoms with Gasteiger partial charge in [0, 0.05) is 12.1 Å². The number of rotatable bonds is 11. The van der Waals surface area contributed by atoms with Crippen LogP contribution < -0.4 is 4.74 Å². The van der Waals surface area contributed by atoms with Crippen molar-refractivity contribution < 1.29 is 9.15 Å². The Kier molecular flexibility index (Phi) is 9.02. The van der Waals surface area contributed by atoms with Gasteiger partial charge in [0.1, 0.15) is 5.75 Å². The van der Waals surface area contributed by atoms with Crippen LogP contribution >= 0.6 is 0 Å². The zero-order chi connectivity index (χ0) is 20.4. The third-order valence-corrected chi connectivity index (χ3v) is 5.08. The largest absolute Gasteiger partial charge is 0.494 e. The van der Waals surface area contributed by atoms with E-state index in [1.807, 2.05) is 0 Å². The maximum absolute atomic E-state index is 6.17. The van der Waals surface area contributed by atoms with Crippen molar-refractivity contribution in [1.29, 1.82) is 0 Å². The second kappa shape index (κ2) is 11.2. The van der Waals surface area contributed by atoms with Gasteiger partial charge < -0.3 is 4.74 Å². The summed E-state index contributed by atoms with van der Waals surface area (Å²) in [4.78, 5) is 0.